The minimum atomic E-state index is -4.41. The molecule has 1 amide bonds. The van der Waals surface area contributed by atoms with Gasteiger partial charge in [-0.3, -0.25) is 4.79 Å². The van der Waals surface area contributed by atoms with Gasteiger partial charge < -0.3 is 14.2 Å². The number of benzene rings is 2. The fourth-order valence-electron chi connectivity index (χ4n) is 4.09. The van der Waals surface area contributed by atoms with Gasteiger partial charge in [-0.1, -0.05) is 29.8 Å². The number of carbonyl (C=O) groups excluding carboxylic acids is 1. The molecule has 0 unspecified atom stereocenters. The zero-order valence-electron chi connectivity index (χ0n) is 18.4. The predicted octanol–water partition coefficient (Wildman–Crippen LogP) is 5.77. The Labute approximate surface area is 204 Å². The van der Waals surface area contributed by atoms with Crippen molar-refractivity contribution in [1.29, 1.82) is 0 Å². The zero-order chi connectivity index (χ0) is 24.6. The van der Waals surface area contributed by atoms with E-state index < -0.39 is 11.7 Å². The highest BCUT2D eigenvalue weighted by Gasteiger charge is 2.32. The average Bonchev–Trinajstić information content (AvgIpc) is 3.54. The van der Waals surface area contributed by atoms with Crippen molar-refractivity contribution >= 4 is 23.2 Å². The van der Waals surface area contributed by atoms with E-state index in [4.69, 9.17) is 16.0 Å². The minimum Gasteiger partial charge on any atom is -0.463 e. The van der Waals surface area contributed by atoms with E-state index in [0.717, 1.165) is 12.1 Å². The molecular formula is C25H20ClF3N4O2. The molecule has 0 radical (unpaired) electrons. The molecule has 0 bridgehead atoms. The Balaban J connectivity index is 1.39. The number of hydrogen-bond acceptors (Lipinski definition) is 4. The van der Waals surface area contributed by atoms with Crippen LogP contribution in [0, 0.1) is 0 Å². The number of para-hydroxylation sites is 1. The Morgan fingerprint density at radius 1 is 0.943 bits per heavy atom. The molecular weight excluding hydrogens is 481 g/mol. The summed E-state index contributed by atoms with van der Waals surface area (Å²) in [6, 6.07) is 17.5. The fourth-order valence-corrected chi connectivity index (χ4v) is 4.31. The van der Waals surface area contributed by atoms with Gasteiger partial charge in [0.25, 0.3) is 5.91 Å². The molecule has 2 aromatic heterocycles. The van der Waals surface area contributed by atoms with Gasteiger partial charge in [-0.15, -0.1) is 0 Å². The van der Waals surface area contributed by atoms with E-state index in [0.29, 0.717) is 59.7 Å². The number of alkyl halides is 3. The number of furan rings is 1. The molecule has 0 saturated carbocycles. The lowest BCUT2D eigenvalue weighted by Crippen LogP contribution is -2.49. The molecule has 4 aromatic rings. The van der Waals surface area contributed by atoms with E-state index in [9.17, 15) is 18.0 Å². The Bertz CT molecular complexity index is 1340. The summed E-state index contributed by atoms with van der Waals surface area (Å²) in [5.74, 6) is 0.262. The molecule has 1 fully saturated rings. The van der Waals surface area contributed by atoms with Gasteiger partial charge in [0.15, 0.2) is 5.76 Å². The Morgan fingerprint density at radius 2 is 1.71 bits per heavy atom. The lowest BCUT2D eigenvalue weighted by Gasteiger charge is -2.36. The summed E-state index contributed by atoms with van der Waals surface area (Å²) in [5, 5.41) is 5.00. The third-order valence-electron chi connectivity index (χ3n) is 5.89. The summed E-state index contributed by atoms with van der Waals surface area (Å²) in [7, 11) is 0. The molecule has 1 aliphatic rings. The standard InChI is InChI=1S/C25H20ClF3N4O2/c26-19-7-1-2-8-21(19)33-22(16-20(30-33)23-9-4-14-35-23)24(34)32-12-10-31(11-13-32)18-6-3-5-17(15-18)25(27,28)29/h1-9,14-16H,10-13H2. The Kier molecular flexibility index (Phi) is 6.02. The topological polar surface area (TPSA) is 54.5 Å². The van der Waals surface area contributed by atoms with Gasteiger partial charge >= 0.3 is 6.18 Å². The molecule has 10 heteroatoms. The van der Waals surface area contributed by atoms with Crippen LogP contribution in [0.1, 0.15) is 16.1 Å². The first-order chi connectivity index (χ1) is 16.8. The first-order valence-corrected chi connectivity index (χ1v) is 11.3. The van der Waals surface area contributed by atoms with E-state index in [1.54, 1.807) is 53.4 Å². The van der Waals surface area contributed by atoms with Crippen LogP contribution >= 0.6 is 11.6 Å². The van der Waals surface area contributed by atoms with Gasteiger partial charge in [0, 0.05) is 37.9 Å². The van der Waals surface area contributed by atoms with Crippen LogP contribution in [-0.2, 0) is 6.18 Å². The highest BCUT2D eigenvalue weighted by Crippen LogP contribution is 2.32. The molecule has 35 heavy (non-hydrogen) atoms. The number of amides is 1. The van der Waals surface area contributed by atoms with Gasteiger partial charge in [0.05, 0.1) is 22.5 Å². The predicted molar refractivity (Wildman–Crippen MR) is 126 cm³/mol. The average molecular weight is 501 g/mol. The van der Waals surface area contributed by atoms with Crippen molar-refractivity contribution in [2.24, 2.45) is 0 Å². The van der Waals surface area contributed by atoms with Gasteiger partial charge in [0.2, 0.25) is 0 Å². The number of carbonyl (C=O) groups is 1. The van der Waals surface area contributed by atoms with Crippen LogP contribution in [0.25, 0.3) is 17.1 Å². The number of aromatic nitrogens is 2. The summed E-state index contributed by atoms with van der Waals surface area (Å²) in [4.78, 5) is 17.1. The summed E-state index contributed by atoms with van der Waals surface area (Å²) >= 11 is 6.39. The van der Waals surface area contributed by atoms with Crippen molar-refractivity contribution in [3.8, 4) is 17.1 Å². The smallest absolute Gasteiger partial charge is 0.416 e. The molecule has 180 valence electrons. The van der Waals surface area contributed by atoms with Crippen LogP contribution in [0.3, 0.4) is 0 Å². The SMILES string of the molecule is O=C(c1cc(-c2ccco2)nn1-c1ccccc1Cl)N1CCN(c2cccc(C(F)(F)F)c2)CC1. The van der Waals surface area contributed by atoms with Crippen molar-refractivity contribution in [3.05, 3.63) is 89.3 Å². The highest BCUT2D eigenvalue weighted by atomic mass is 35.5. The lowest BCUT2D eigenvalue weighted by atomic mass is 10.1. The second-order valence-corrected chi connectivity index (χ2v) is 8.49. The van der Waals surface area contributed by atoms with Gasteiger partial charge in [-0.05, 0) is 42.5 Å². The monoisotopic (exact) mass is 500 g/mol. The largest absolute Gasteiger partial charge is 0.463 e. The first-order valence-electron chi connectivity index (χ1n) is 10.9. The summed E-state index contributed by atoms with van der Waals surface area (Å²) in [6.45, 7) is 1.49. The molecule has 6 nitrogen and oxygen atoms in total. The molecule has 0 atom stereocenters. The maximum absolute atomic E-state index is 13.5. The number of piperazine rings is 1. The second-order valence-electron chi connectivity index (χ2n) is 8.08. The van der Waals surface area contributed by atoms with Crippen LogP contribution in [-0.4, -0.2) is 46.8 Å². The number of nitrogens with zero attached hydrogens (tertiary/aromatic N) is 4. The van der Waals surface area contributed by atoms with Gasteiger partial charge in [-0.2, -0.15) is 18.3 Å². The molecule has 5 rings (SSSR count). The van der Waals surface area contributed by atoms with Crippen LogP contribution in [0.2, 0.25) is 5.02 Å². The molecule has 0 N–H and O–H groups in total. The number of rotatable bonds is 4. The van der Waals surface area contributed by atoms with Crippen molar-refractivity contribution in [3.63, 3.8) is 0 Å². The molecule has 1 aliphatic heterocycles. The second kappa shape index (κ2) is 9.14. The summed E-state index contributed by atoms with van der Waals surface area (Å²) < 4.78 is 46.3. The van der Waals surface area contributed by atoms with E-state index >= 15 is 0 Å². The van der Waals surface area contributed by atoms with Crippen LogP contribution in [0.4, 0.5) is 18.9 Å². The first kappa shape index (κ1) is 23.0. The van der Waals surface area contributed by atoms with Crippen molar-refractivity contribution in [1.82, 2.24) is 14.7 Å². The Morgan fingerprint density at radius 3 is 2.40 bits per heavy atom. The third kappa shape index (κ3) is 4.64. The van der Waals surface area contributed by atoms with E-state index in [1.807, 2.05) is 4.90 Å². The lowest BCUT2D eigenvalue weighted by molar-refractivity contribution is -0.137. The minimum absolute atomic E-state index is 0.251. The highest BCUT2D eigenvalue weighted by molar-refractivity contribution is 6.32. The van der Waals surface area contributed by atoms with E-state index in [1.165, 1.54) is 17.0 Å². The molecule has 2 aromatic carbocycles. The Hall–Kier alpha value is -3.72. The zero-order valence-corrected chi connectivity index (χ0v) is 19.1. The molecule has 0 spiro atoms. The van der Waals surface area contributed by atoms with Crippen LogP contribution in [0.15, 0.2) is 77.4 Å². The number of hydrogen-bond donors (Lipinski definition) is 0. The number of anilines is 1. The molecule has 0 aliphatic carbocycles. The molecule has 1 saturated heterocycles. The maximum atomic E-state index is 13.5. The van der Waals surface area contributed by atoms with Gasteiger partial charge in [0.1, 0.15) is 11.4 Å². The third-order valence-corrected chi connectivity index (χ3v) is 6.21. The van der Waals surface area contributed by atoms with Gasteiger partial charge in [-0.25, -0.2) is 4.68 Å². The summed E-state index contributed by atoms with van der Waals surface area (Å²) in [6.07, 6.45) is -2.88. The quantitative estimate of drug-likeness (QED) is 0.357. The maximum Gasteiger partial charge on any atom is 0.416 e. The van der Waals surface area contributed by atoms with Crippen LogP contribution in [0.5, 0.6) is 0 Å². The summed E-state index contributed by atoms with van der Waals surface area (Å²) in [5.41, 5.74) is 1.14. The van der Waals surface area contributed by atoms with E-state index in [2.05, 4.69) is 5.10 Å². The van der Waals surface area contributed by atoms with Crippen molar-refractivity contribution in [2.45, 2.75) is 6.18 Å². The van der Waals surface area contributed by atoms with E-state index in [-0.39, 0.29) is 5.91 Å². The normalized spacial score (nSPS) is 14.4. The molecule has 3 heterocycles. The van der Waals surface area contributed by atoms with Crippen LogP contribution < -0.4 is 4.90 Å². The van der Waals surface area contributed by atoms with Crippen molar-refractivity contribution in [2.75, 3.05) is 31.1 Å². The van der Waals surface area contributed by atoms with Crippen molar-refractivity contribution < 1.29 is 22.4 Å². The fraction of sp³-hybridized carbons (Fsp3) is 0.200. The number of halogens is 4.